The Balaban J connectivity index is 2.36. The third kappa shape index (κ3) is 2.10. The third-order valence-electron chi connectivity index (χ3n) is 3.01. The molecule has 0 saturated heterocycles. The minimum Gasteiger partial charge on any atom is -0.328 e. The van der Waals surface area contributed by atoms with Crippen LogP contribution in [0, 0.1) is 0 Å². The van der Waals surface area contributed by atoms with Gasteiger partial charge in [-0.3, -0.25) is 0 Å². The Hall–Kier alpha value is -0.580. The lowest BCUT2D eigenvalue weighted by molar-refractivity contribution is 0.578. The highest BCUT2D eigenvalue weighted by atomic mass is 35.5. The average molecular weight is 260 g/mol. The van der Waals surface area contributed by atoms with E-state index in [2.05, 4.69) is 0 Å². The number of hydrogen-bond acceptors (Lipinski definition) is 3. The largest absolute Gasteiger partial charge is 0.328 e. The number of benzene rings is 1. The Morgan fingerprint density at radius 3 is 2.50 bits per heavy atom. The summed E-state index contributed by atoms with van der Waals surface area (Å²) in [5, 5.41) is -0.0784. The number of nitrogens with two attached hydrogens (primary N) is 1. The van der Waals surface area contributed by atoms with E-state index in [1.165, 1.54) is 0 Å². The van der Waals surface area contributed by atoms with Crippen molar-refractivity contribution >= 4 is 21.4 Å². The van der Waals surface area contributed by atoms with Crippen molar-refractivity contribution in [3.8, 4) is 0 Å². The molecule has 0 bridgehead atoms. The predicted octanol–water partition coefficient (Wildman–Crippen LogP) is 1.99. The van der Waals surface area contributed by atoms with Crippen LogP contribution in [0.4, 0.5) is 0 Å². The molecule has 0 aromatic heterocycles. The molecule has 3 nitrogen and oxygen atoms in total. The first-order valence-electron chi connectivity index (χ1n) is 5.26. The van der Waals surface area contributed by atoms with Gasteiger partial charge in [-0.25, -0.2) is 8.42 Å². The minimum absolute atomic E-state index is 0.00210. The first-order valence-corrected chi connectivity index (χ1v) is 7.18. The van der Waals surface area contributed by atoms with Crippen molar-refractivity contribution in [3.63, 3.8) is 0 Å². The molecule has 1 fully saturated rings. The monoisotopic (exact) mass is 259 g/mol. The Kier molecular flexibility index (Phi) is 3.24. The van der Waals surface area contributed by atoms with Crippen LogP contribution in [0.1, 0.15) is 19.3 Å². The fourth-order valence-electron chi connectivity index (χ4n) is 2.11. The average Bonchev–Trinajstić information content (AvgIpc) is 2.66. The van der Waals surface area contributed by atoms with Crippen LogP contribution in [-0.4, -0.2) is 19.7 Å². The zero-order chi connectivity index (χ0) is 11.8. The lowest BCUT2D eigenvalue weighted by Gasteiger charge is -2.12. The molecule has 0 amide bonds. The normalized spacial score (nSPS) is 25.9. The second-order valence-electron chi connectivity index (χ2n) is 4.17. The van der Waals surface area contributed by atoms with E-state index < -0.39 is 9.84 Å². The van der Waals surface area contributed by atoms with Gasteiger partial charge in [0.2, 0.25) is 0 Å². The van der Waals surface area contributed by atoms with Crippen LogP contribution in [0.25, 0.3) is 0 Å². The molecular weight excluding hydrogens is 246 g/mol. The van der Waals surface area contributed by atoms with Crippen LogP contribution < -0.4 is 5.73 Å². The van der Waals surface area contributed by atoms with Crippen molar-refractivity contribution in [3.05, 3.63) is 29.3 Å². The van der Waals surface area contributed by atoms with Crippen molar-refractivity contribution in [1.29, 1.82) is 0 Å². The van der Waals surface area contributed by atoms with Gasteiger partial charge < -0.3 is 5.73 Å². The van der Waals surface area contributed by atoms with Crippen LogP contribution in [-0.2, 0) is 9.84 Å². The molecule has 0 spiro atoms. The summed E-state index contributed by atoms with van der Waals surface area (Å²) in [6, 6.07) is 6.57. The molecule has 2 atom stereocenters. The molecule has 1 saturated carbocycles. The van der Waals surface area contributed by atoms with Crippen molar-refractivity contribution in [1.82, 2.24) is 0 Å². The second kappa shape index (κ2) is 4.35. The molecule has 0 radical (unpaired) electrons. The van der Waals surface area contributed by atoms with E-state index in [1.54, 1.807) is 24.3 Å². The van der Waals surface area contributed by atoms with E-state index in [9.17, 15) is 8.42 Å². The van der Waals surface area contributed by atoms with E-state index >= 15 is 0 Å². The quantitative estimate of drug-likeness (QED) is 0.884. The molecule has 1 aromatic carbocycles. The molecule has 2 N–H and O–H groups in total. The Morgan fingerprint density at radius 1 is 1.25 bits per heavy atom. The van der Waals surface area contributed by atoms with Crippen molar-refractivity contribution in [2.45, 2.75) is 35.4 Å². The van der Waals surface area contributed by atoms with Gasteiger partial charge in [-0.05, 0) is 31.4 Å². The SMILES string of the molecule is NC1CCC(S(=O)(=O)c2ccccc2Cl)C1. The van der Waals surface area contributed by atoms with Crippen molar-refractivity contribution < 1.29 is 8.42 Å². The summed E-state index contributed by atoms with van der Waals surface area (Å²) in [6.07, 6.45) is 1.94. The van der Waals surface area contributed by atoms with E-state index in [4.69, 9.17) is 17.3 Å². The molecule has 1 aliphatic rings. The molecule has 2 unspecified atom stereocenters. The summed E-state index contributed by atoms with van der Waals surface area (Å²) in [6.45, 7) is 0. The molecule has 88 valence electrons. The van der Waals surface area contributed by atoms with Gasteiger partial charge in [-0.1, -0.05) is 23.7 Å². The number of rotatable bonds is 2. The number of hydrogen-bond donors (Lipinski definition) is 1. The maximum Gasteiger partial charge on any atom is 0.182 e. The van der Waals surface area contributed by atoms with Gasteiger partial charge >= 0.3 is 0 Å². The topological polar surface area (TPSA) is 60.2 Å². The predicted molar refractivity (Wildman–Crippen MR) is 64.3 cm³/mol. The highest BCUT2D eigenvalue weighted by molar-refractivity contribution is 7.92. The van der Waals surface area contributed by atoms with E-state index in [0.717, 1.165) is 6.42 Å². The molecule has 2 rings (SSSR count). The van der Waals surface area contributed by atoms with Gasteiger partial charge in [-0.15, -0.1) is 0 Å². The fraction of sp³-hybridized carbons (Fsp3) is 0.455. The van der Waals surface area contributed by atoms with Crippen molar-refractivity contribution in [2.24, 2.45) is 5.73 Å². The van der Waals surface area contributed by atoms with Crippen LogP contribution >= 0.6 is 11.6 Å². The Morgan fingerprint density at radius 2 is 1.94 bits per heavy atom. The highest BCUT2D eigenvalue weighted by Gasteiger charge is 2.34. The van der Waals surface area contributed by atoms with Crippen LogP contribution in [0.3, 0.4) is 0 Å². The van der Waals surface area contributed by atoms with Gasteiger partial charge in [0.25, 0.3) is 0 Å². The summed E-state index contributed by atoms with van der Waals surface area (Å²) in [5.74, 6) is 0. The zero-order valence-electron chi connectivity index (χ0n) is 8.77. The van der Waals surface area contributed by atoms with E-state index in [1.807, 2.05) is 0 Å². The molecule has 1 aromatic rings. The van der Waals surface area contributed by atoms with Gasteiger partial charge in [0.1, 0.15) is 0 Å². The van der Waals surface area contributed by atoms with Gasteiger partial charge in [0.05, 0.1) is 15.2 Å². The van der Waals surface area contributed by atoms with Crippen LogP contribution in [0.2, 0.25) is 5.02 Å². The maximum atomic E-state index is 12.3. The first-order chi connectivity index (χ1) is 7.51. The molecule has 16 heavy (non-hydrogen) atoms. The molecule has 1 aliphatic carbocycles. The lowest BCUT2D eigenvalue weighted by Crippen LogP contribution is -2.22. The highest BCUT2D eigenvalue weighted by Crippen LogP contribution is 2.32. The number of halogens is 1. The summed E-state index contributed by atoms with van der Waals surface area (Å²) in [4.78, 5) is 0.232. The Bertz CT molecular complexity index is 487. The Labute approximate surface area is 101 Å². The molecular formula is C11H14ClNO2S. The van der Waals surface area contributed by atoms with Crippen LogP contribution in [0.5, 0.6) is 0 Å². The molecule has 0 aliphatic heterocycles. The van der Waals surface area contributed by atoms with E-state index in [0.29, 0.717) is 17.9 Å². The maximum absolute atomic E-state index is 12.3. The number of sulfone groups is 1. The minimum atomic E-state index is -3.31. The standard InChI is InChI=1S/C11H14ClNO2S/c12-10-3-1-2-4-11(10)16(14,15)9-6-5-8(13)7-9/h1-4,8-9H,5-7,13H2. The smallest absolute Gasteiger partial charge is 0.182 e. The van der Waals surface area contributed by atoms with E-state index in [-0.39, 0.29) is 16.2 Å². The summed E-state index contributed by atoms with van der Waals surface area (Å²) < 4.78 is 24.5. The van der Waals surface area contributed by atoms with Gasteiger partial charge in [0.15, 0.2) is 9.84 Å². The van der Waals surface area contributed by atoms with Gasteiger partial charge in [0, 0.05) is 6.04 Å². The van der Waals surface area contributed by atoms with Crippen molar-refractivity contribution in [2.75, 3.05) is 0 Å². The molecule has 0 heterocycles. The lowest BCUT2D eigenvalue weighted by atomic mass is 10.3. The summed E-state index contributed by atoms with van der Waals surface area (Å²) >= 11 is 5.91. The third-order valence-corrected chi connectivity index (χ3v) is 5.72. The van der Waals surface area contributed by atoms with Gasteiger partial charge in [-0.2, -0.15) is 0 Å². The summed E-state index contributed by atoms with van der Waals surface area (Å²) in [5.41, 5.74) is 5.74. The van der Waals surface area contributed by atoms with Crippen LogP contribution in [0.15, 0.2) is 29.2 Å². The molecule has 5 heteroatoms. The fourth-order valence-corrected chi connectivity index (χ4v) is 4.48. The first kappa shape index (κ1) is 11.9. The second-order valence-corrected chi connectivity index (χ2v) is 6.77. The zero-order valence-corrected chi connectivity index (χ0v) is 10.3. The summed E-state index contributed by atoms with van der Waals surface area (Å²) in [7, 11) is -3.31.